The zero-order chi connectivity index (χ0) is 26.9. The number of urea groups is 1. The number of rotatable bonds is 5. The van der Waals surface area contributed by atoms with Crippen LogP contribution in [-0.4, -0.2) is 81.1 Å². The minimum Gasteiger partial charge on any atom is -0.331 e. The van der Waals surface area contributed by atoms with E-state index in [1.807, 2.05) is 7.05 Å². The number of piperidine rings is 1. The minimum atomic E-state index is -3.62. The van der Waals surface area contributed by atoms with Gasteiger partial charge in [-0.3, -0.25) is 14.9 Å². The maximum Gasteiger partial charge on any atom is 0.323 e. The van der Waals surface area contributed by atoms with E-state index in [0.29, 0.717) is 42.5 Å². The van der Waals surface area contributed by atoms with Gasteiger partial charge in [-0.25, -0.2) is 13.2 Å². The number of benzene rings is 1. The van der Waals surface area contributed by atoms with Crippen LogP contribution in [0.2, 0.25) is 0 Å². The molecule has 1 saturated heterocycles. The Morgan fingerprint density at radius 2 is 1.68 bits per heavy atom. The Bertz CT molecular complexity index is 1300. The van der Waals surface area contributed by atoms with Gasteiger partial charge in [-0.05, 0) is 62.1 Å². The molecule has 10 nitrogen and oxygen atoms in total. The number of likely N-dealkylation sites (N-methyl/N-ethyl adjacent to an activating group) is 1. The number of nitrogens with one attached hydrogen (secondary N) is 2. The molecule has 3 heterocycles. The first-order valence-electron chi connectivity index (χ1n) is 12.2. The molecule has 0 radical (unpaired) electrons. The summed E-state index contributed by atoms with van der Waals surface area (Å²) in [6.07, 6.45) is 2.28. The highest BCUT2D eigenvalue weighted by atomic mass is 32.2. The molecule has 2 N–H and O–H groups in total. The average Bonchev–Trinajstić information content (AvgIpc) is 3.21. The van der Waals surface area contributed by atoms with Gasteiger partial charge in [0, 0.05) is 50.7 Å². The van der Waals surface area contributed by atoms with Crippen LogP contribution in [0.25, 0.3) is 0 Å². The lowest BCUT2D eigenvalue weighted by atomic mass is 10.0. The van der Waals surface area contributed by atoms with Crippen molar-refractivity contribution >= 4 is 44.2 Å². The molecule has 2 aliphatic heterocycles. The van der Waals surface area contributed by atoms with Crippen LogP contribution >= 0.6 is 11.3 Å². The Labute approximate surface area is 221 Å². The number of carbonyl (C=O) groups is 3. The maximum absolute atomic E-state index is 13.1. The molecule has 2 aromatic rings. The van der Waals surface area contributed by atoms with E-state index >= 15 is 0 Å². The lowest BCUT2D eigenvalue weighted by Crippen LogP contribution is -2.39. The molecule has 1 aromatic carbocycles. The summed E-state index contributed by atoms with van der Waals surface area (Å²) >= 11 is 1.32. The Kier molecular flexibility index (Phi) is 8.02. The zero-order valence-electron chi connectivity index (χ0n) is 21.5. The smallest absolute Gasteiger partial charge is 0.323 e. The number of amides is 4. The van der Waals surface area contributed by atoms with Gasteiger partial charge in [0.1, 0.15) is 5.00 Å². The van der Waals surface area contributed by atoms with Gasteiger partial charge in [-0.1, -0.05) is 6.92 Å². The maximum atomic E-state index is 13.1. The lowest BCUT2D eigenvalue weighted by molar-refractivity contribution is 0.0956. The number of carbonyl (C=O) groups excluding carboxylic acids is 3. The van der Waals surface area contributed by atoms with Crippen molar-refractivity contribution in [3.8, 4) is 0 Å². The quantitative estimate of drug-likeness (QED) is 0.594. The number of imide groups is 1. The number of thiophene rings is 1. The van der Waals surface area contributed by atoms with Crippen molar-refractivity contribution in [2.45, 2.75) is 37.6 Å². The van der Waals surface area contributed by atoms with Gasteiger partial charge >= 0.3 is 6.03 Å². The fraction of sp³-hybridized carbons (Fsp3) is 0.480. The fourth-order valence-electron chi connectivity index (χ4n) is 4.46. The van der Waals surface area contributed by atoms with Crippen LogP contribution < -0.4 is 10.6 Å². The van der Waals surface area contributed by atoms with Crippen LogP contribution in [0, 0.1) is 5.92 Å². The number of hydrogen-bond donors (Lipinski definition) is 2. The van der Waals surface area contributed by atoms with E-state index in [2.05, 4.69) is 22.5 Å². The molecule has 0 saturated carbocycles. The van der Waals surface area contributed by atoms with Crippen molar-refractivity contribution in [1.82, 2.24) is 19.4 Å². The first-order valence-corrected chi connectivity index (χ1v) is 14.5. The minimum absolute atomic E-state index is 0.149. The Hall–Kier alpha value is -2.80. The van der Waals surface area contributed by atoms with E-state index in [1.54, 1.807) is 14.1 Å². The highest BCUT2D eigenvalue weighted by molar-refractivity contribution is 7.89. The average molecular weight is 548 g/mol. The molecule has 0 bridgehead atoms. The summed E-state index contributed by atoms with van der Waals surface area (Å²) in [5, 5.41) is 5.57. The molecule has 0 spiro atoms. The molecule has 1 fully saturated rings. The second-order valence-electron chi connectivity index (χ2n) is 9.91. The number of anilines is 1. The standard InChI is InChI=1S/C25H33N5O5S2/c1-16-9-13-30(14-10-16)37(34,35)18-7-5-17(6-8-18)22(31)26-24-21(23(32)27-25(33)28(2)3)19-11-12-29(4)15-20(19)36-24/h5-8,16H,9-15H2,1-4H3,(H,26,31)(H,27,32,33). The van der Waals surface area contributed by atoms with Crippen LogP contribution in [0.4, 0.5) is 9.80 Å². The van der Waals surface area contributed by atoms with Gasteiger partial charge in [-0.15, -0.1) is 11.3 Å². The molecule has 12 heteroatoms. The van der Waals surface area contributed by atoms with E-state index in [9.17, 15) is 22.8 Å². The van der Waals surface area contributed by atoms with Crippen LogP contribution in [0.15, 0.2) is 29.2 Å². The molecule has 0 atom stereocenters. The Morgan fingerprint density at radius 3 is 2.30 bits per heavy atom. The van der Waals surface area contributed by atoms with Crippen molar-refractivity contribution in [3.05, 3.63) is 45.8 Å². The summed E-state index contributed by atoms with van der Waals surface area (Å²) in [6, 6.07) is 5.30. The first kappa shape index (κ1) is 27.2. The Balaban J connectivity index is 1.55. The summed E-state index contributed by atoms with van der Waals surface area (Å²) in [6.45, 7) is 4.50. The van der Waals surface area contributed by atoms with Crippen LogP contribution in [-0.2, 0) is 23.0 Å². The molecule has 4 rings (SSSR count). The summed E-state index contributed by atoms with van der Waals surface area (Å²) in [4.78, 5) is 42.8. The van der Waals surface area contributed by atoms with Gasteiger partial charge in [0.25, 0.3) is 11.8 Å². The third-order valence-corrected chi connectivity index (χ3v) is 9.87. The van der Waals surface area contributed by atoms with Crippen molar-refractivity contribution < 1.29 is 22.8 Å². The summed E-state index contributed by atoms with van der Waals surface area (Å²) in [5.41, 5.74) is 1.40. The van der Waals surface area contributed by atoms with Gasteiger partial charge in [0.05, 0.1) is 10.5 Å². The van der Waals surface area contributed by atoms with Crippen LogP contribution in [0.5, 0.6) is 0 Å². The molecular weight excluding hydrogens is 514 g/mol. The predicted molar refractivity (Wildman–Crippen MR) is 142 cm³/mol. The van der Waals surface area contributed by atoms with Gasteiger partial charge in [0.2, 0.25) is 10.0 Å². The molecule has 37 heavy (non-hydrogen) atoms. The van der Waals surface area contributed by atoms with Crippen molar-refractivity contribution in [2.75, 3.05) is 46.1 Å². The van der Waals surface area contributed by atoms with Gasteiger partial charge < -0.3 is 15.1 Å². The highest BCUT2D eigenvalue weighted by Crippen LogP contribution is 2.37. The number of sulfonamides is 1. The number of hydrogen-bond acceptors (Lipinski definition) is 7. The van der Waals surface area contributed by atoms with Crippen LogP contribution in [0.3, 0.4) is 0 Å². The second-order valence-corrected chi connectivity index (χ2v) is 13.0. The normalized spacial score (nSPS) is 17.2. The van der Waals surface area contributed by atoms with E-state index in [4.69, 9.17) is 0 Å². The monoisotopic (exact) mass is 547 g/mol. The molecule has 2 aliphatic rings. The van der Waals surface area contributed by atoms with E-state index in [-0.39, 0.29) is 10.5 Å². The molecule has 0 aliphatic carbocycles. The number of nitrogens with zero attached hydrogens (tertiary/aromatic N) is 3. The summed E-state index contributed by atoms with van der Waals surface area (Å²) < 4.78 is 27.5. The molecule has 200 valence electrons. The summed E-state index contributed by atoms with van der Waals surface area (Å²) in [7, 11) is 1.44. The largest absolute Gasteiger partial charge is 0.331 e. The van der Waals surface area contributed by atoms with E-state index in [1.165, 1.54) is 44.8 Å². The highest BCUT2D eigenvalue weighted by Gasteiger charge is 2.30. The second kappa shape index (κ2) is 10.9. The van der Waals surface area contributed by atoms with Crippen molar-refractivity contribution in [2.24, 2.45) is 5.92 Å². The molecular formula is C25H33N5O5S2. The molecule has 0 unspecified atom stereocenters. The SMILES string of the molecule is CC1CCN(S(=O)(=O)c2ccc(C(=O)Nc3sc4c(c3C(=O)NC(=O)N(C)C)CCN(C)C4)cc2)CC1. The van der Waals surface area contributed by atoms with Crippen molar-refractivity contribution in [1.29, 1.82) is 0 Å². The van der Waals surface area contributed by atoms with Crippen molar-refractivity contribution in [3.63, 3.8) is 0 Å². The predicted octanol–water partition coefficient (Wildman–Crippen LogP) is 2.82. The topological polar surface area (TPSA) is 119 Å². The molecule has 4 amide bonds. The zero-order valence-corrected chi connectivity index (χ0v) is 23.2. The third kappa shape index (κ3) is 5.87. The fourth-order valence-corrected chi connectivity index (χ4v) is 7.25. The van der Waals surface area contributed by atoms with Gasteiger partial charge in [0.15, 0.2) is 0 Å². The third-order valence-electron chi connectivity index (χ3n) is 6.83. The lowest BCUT2D eigenvalue weighted by Gasteiger charge is -2.29. The molecule has 1 aromatic heterocycles. The first-order chi connectivity index (χ1) is 17.5. The van der Waals surface area contributed by atoms with E-state index < -0.39 is 27.9 Å². The summed E-state index contributed by atoms with van der Waals surface area (Å²) in [5.74, 6) is -0.516. The van der Waals surface area contributed by atoms with E-state index in [0.717, 1.165) is 29.8 Å². The number of fused-ring (bicyclic) bond motifs is 1. The Morgan fingerprint density at radius 1 is 1.03 bits per heavy atom. The van der Waals surface area contributed by atoms with Crippen LogP contribution in [0.1, 0.15) is 50.9 Å². The van der Waals surface area contributed by atoms with Gasteiger partial charge in [-0.2, -0.15) is 4.31 Å².